The predicted molar refractivity (Wildman–Crippen MR) is 86.3 cm³/mol. The van der Waals surface area contributed by atoms with Crippen molar-refractivity contribution in [3.8, 4) is 0 Å². The maximum atomic E-state index is 11.8. The van der Waals surface area contributed by atoms with Crippen LogP contribution < -0.4 is 9.80 Å². The summed E-state index contributed by atoms with van der Waals surface area (Å²) in [6.07, 6.45) is 0. The highest BCUT2D eigenvalue weighted by atomic mass is 16.5. The van der Waals surface area contributed by atoms with Crippen LogP contribution in [0, 0.1) is 0 Å². The Labute approximate surface area is 131 Å². The molecule has 0 bridgehead atoms. The summed E-state index contributed by atoms with van der Waals surface area (Å²) in [5.41, 5.74) is 0. The van der Waals surface area contributed by atoms with Gasteiger partial charge in [0.05, 0.1) is 0 Å². The Morgan fingerprint density at radius 2 is 1.86 bits per heavy atom. The second kappa shape index (κ2) is 7.93. The number of piperazine rings is 1. The highest BCUT2D eigenvalue weighted by Gasteiger charge is 2.21. The predicted octanol–water partition coefficient (Wildman–Crippen LogP) is 0.618. The molecule has 1 amide bonds. The molecule has 0 saturated carbocycles. The Morgan fingerprint density at radius 3 is 2.36 bits per heavy atom. The quantitative estimate of drug-likeness (QED) is 0.768. The van der Waals surface area contributed by atoms with Gasteiger partial charge in [-0.05, 0) is 26.0 Å². The largest absolute Gasteiger partial charge is 0.375 e. The molecule has 7 nitrogen and oxygen atoms in total. The molecule has 1 saturated heterocycles. The van der Waals surface area contributed by atoms with E-state index in [0.29, 0.717) is 13.1 Å². The van der Waals surface area contributed by atoms with Gasteiger partial charge in [0.25, 0.3) is 0 Å². The molecule has 1 fully saturated rings. The minimum atomic E-state index is 0.0464. The summed E-state index contributed by atoms with van der Waals surface area (Å²) in [6, 6.07) is 4.02. The maximum Gasteiger partial charge on any atom is 0.248 e. The van der Waals surface area contributed by atoms with Gasteiger partial charge in [0.15, 0.2) is 11.6 Å². The first-order chi connectivity index (χ1) is 10.7. The van der Waals surface area contributed by atoms with Gasteiger partial charge in [0, 0.05) is 46.4 Å². The molecule has 0 unspecified atom stereocenters. The lowest BCUT2D eigenvalue weighted by molar-refractivity contribution is -0.135. The van der Waals surface area contributed by atoms with Crippen molar-refractivity contribution in [1.29, 1.82) is 0 Å². The summed E-state index contributed by atoms with van der Waals surface area (Å²) in [5, 5.41) is 8.64. The van der Waals surface area contributed by atoms with Crippen molar-refractivity contribution >= 4 is 17.5 Å². The van der Waals surface area contributed by atoms with Crippen LogP contribution in [-0.2, 0) is 9.53 Å². The second-order valence-corrected chi connectivity index (χ2v) is 5.22. The minimum Gasteiger partial charge on any atom is -0.375 e. The number of amides is 1. The van der Waals surface area contributed by atoms with Crippen molar-refractivity contribution in [2.24, 2.45) is 0 Å². The van der Waals surface area contributed by atoms with Crippen LogP contribution in [0.25, 0.3) is 0 Å². The number of nitrogens with zero attached hydrogens (tertiary/aromatic N) is 5. The van der Waals surface area contributed by atoms with Crippen molar-refractivity contribution in [2.45, 2.75) is 13.8 Å². The molecule has 0 atom stereocenters. The number of anilines is 2. The van der Waals surface area contributed by atoms with Gasteiger partial charge in [-0.15, -0.1) is 10.2 Å². The summed E-state index contributed by atoms with van der Waals surface area (Å²) < 4.78 is 4.89. The third-order valence-corrected chi connectivity index (χ3v) is 3.95. The van der Waals surface area contributed by atoms with Gasteiger partial charge < -0.3 is 19.4 Å². The summed E-state index contributed by atoms with van der Waals surface area (Å²) >= 11 is 0. The van der Waals surface area contributed by atoms with Gasteiger partial charge in [-0.1, -0.05) is 0 Å². The first kappa shape index (κ1) is 16.5. The highest BCUT2D eigenvalue weighted by Crippen LogP contribution is 2.16. The van der Waals surface area contributed by atoms with Gasteiger partial charge in [-0.25, -0.2) is 0 Å². The summed E-state index contributed by atoms with van der Waals surface area (Å²) in [4.78, 5) is 17.9. The van der Waals surface area contributed by atoms with E-state index in [0.717, 1.165) is 37.8 Å². The van der Waals surface area contributed by atoms with Crippen molar-refractivity contribution in [1.82, 2.24) is 15.1 Å². The number of carbonyl (C=O) groups excluding carboxylic acids is 1. The van der Waals surface area contributed by atoms with E-state index in [1.54, 1.807) is 7.11 Å². The molecule has 0 N–H and O–H groups in total. The van der Waals surface area contributed by atoms with Crippen LogP contribution >= 0.6 is 0 Å². The Balaban J connectivity index is 1.93. The SMILES string of the molecule is CCN(CC)c1ccc(N2CCN(C(=O)COC)CC2)nn1. The average molecular weight is 307 g/mol. The van der Waals surface area contributed by atoms with Crippen molar-refractivity contribution in [3.63, 3.8) is 0 Å². The molecule has 122 valence electrons. The molecule has 0 spiro atoms. The third-order valence-electron chi connectivity index (χ3n) is 3.95. The summed E-state index contributed by atoms with van der Waals surface area (Å²) in [7, 11) is 1.54. The molecule has 0 aliphatic carbocycles. The van der Waals surface area contributed by atoms with Crippen LogP contribution in [-0.4, -0.2) is 74.0 Å². The zero-order valence-electron chi connectivity index (χ0n) is 13.7. The van der Waals surface area contributed by atoms with Crippen molar-refractivity contribution < 1.29 is 9.53 Å². The van der Waals surface area contributed by atoms with Gasteiger partial charge in [0.1, 0.15) is 6.61 Å². The number of rotatable bonds is 6. The van der Waals surface area contributed by atoms with Crippen molar-refractivity contribution in [2.75, 3.05) is 62.8 Å². The van der Waals surface area contributed by atoms with Crippen LogP contribution in [0.2, 0.25) is 0 Å². The number of carbonyl (C=O) groups is 1. The number of methoxy groups -OCH3 is 1. The third kappa shape index (κ3) is 3.85. The fraction of sp³-hybridized carbons (Fsp3) is 0.667. The number of hydrogen-bond acceptors (Lipinski definition) is 6. The Kier molecular flexibility index (Phi) is 5.94. The molecule has 2 heterocycles. The zero-order chi connectivity index (χ0) is 15.9. The van der Waals surface area contributed by atoms with E-state index in [1.807, 2.05) is 17.0 Å². The van der Waals surface area contributed by atoms with Gasteiger partial charge in [-0.3, -0.25) is 4.79 Å². The highest BCUT2D eigenvalue weighted by molar-refractivity contribution is 5.77. The molecular formula is C15H25N5O2. The maximum absolute atomic E-state index is 11.8. The van der Waals surface area contributed by atoms with E-state index in [4.69, 9.17) is 4.74 Å². The summed E-state index contributed by atoms with van der Waals surface area (Å²) in [6.45, 7) is 9.14. The fourth-order valence-corrected chi connectivity index (χ4v) is 2.60. The van der Waals surface area contributed by atoms with E-state index in [9.17, 15) is 4.79 Å². The van der Waals surface area contributed by atoms with E-state index in [2.05, 4.69) is 33.8 Å². The monoisotopic (exact) mass is 307 g/mol. The molecule has 0 aromatic carbocycles. The molecule has 1 aromatic rings. The Bertz CT molecular complexity index is 467. The van der Waals surface area contributed by atoms with Gasteiger partial charge in [0.2, 0.25) is 5.91 Å². The van der Waals surface area contributed by atoms with Gasteiger partial charge >= 0.3 is 0 Å². The first-order valence-electron chi connectivity index (χ1n) is 7.79. The molecule has 1 aromatic heterocycles. The molecule has 22 heavy (non-hydrogen) atoms. The second-order valence-electron chi connectivity index (χ2n) is 5.22. The molecule has 2 rings (SSSR count). The fourth-order valence-electron chi connectivity index (χ4n) is 2.60. The summed E-state index contributed by atoms with van der Waals surface area (Å²) in [5.74, 6) is 1.82. The average Bonchev–Trinajstić information content (AvgIpc) is 2.57. The molecule has 7 heteroatoms. The lowest BCUT2D eigenvalue weighted by atomic mass is 10.3. The van der Waals surface area contributed by atoms with Crippen LogP contribution in [0.15, 0.2) is 12.1 Å². The van der Waals surface area contributed by atoms with E-state index in [1.165, 1.54) is 0 Å². The number of ether oxygens (including phenoxy) is 1. The minimum absolute atomic E-state index is 0.0464. The smallest absolute Gasteiger partial charge is 0.248 e. The van der Waals surface area contributed by atoms with Crippen LogP contribution in [0.3, 0.4) is 0 Å². The standard InChI is InChI=1S/C15H25N5O2/c1-4-18(5-2)13-6-7-14(17-16-13)19-8-10-20(11-9-19)15(21)12-22-3/h6-7H,4-5,8-12H2,1-3H3. The molecule has 1 aliphatic heterocycles. The molecular weight excluding hydrogens is 282 g/mol. The van der Waals surface area contributed by atoms with E-state index in [-0.39, 0.29) is 12.5 Å². The van der Waals surface area contributed by atoms with E-state index < -0.39 is 0 Å². The molecule has 0 radical (unpaired) electrons. The number of aromatic nitrogens is 2. The topological polar surface area (TPSA) is 61.8 Å². The zero-order valence-corrected chi connectivity index (χ0v) is 13.7. The van der Waals surface area contributed by atoms with Crippen molar-refractivity contribution in [3.05, 3.63) is 12.1 Å². The number of hydrogen-bond donors (Lipinski definition) is 0. The lowest BCUT2D eigenvalue weighted by Gasteiger charge is -2.35. The Hall–Kier alpha value is -1.89. The normalized spacial score (nSPS) is 15.0. The van der Waals surface area contributed by atoms with Gasteiger partial charge in [-0.2, -0.15) is 0 Å². The Morgan fingerprint density at radius 1 is 1.18 bits per heavy atom. The van der Waals surface area contributed by atoms with E-state index >= 15 is 0 Å². The first-order valence-corrected chi connectivity index (χ1v) is 7.79. The van der Waals surface area contributed by atoms with Crippen LogP contribution in [0.1, 0.15) is 13.8 Å². The van der Waals surface area contributed by atoms with Crippen LogP contribution in [0.4, 0.5) is 11.6 Å². The lowest BCUT2D eigenvalue weighted by Crippen LogP contribution is -2.50. The van der Waals surface area contributed by atoms with Crippen LogP contribution in [0.5, 0.6) is 0 Å². The molecule has 1 aliphatic rings.